The molecule has 6 nitrogen and oxygen atoms in total. The van der Waals surface area contributed by atoms with Gasteiger partial charge in [0.2, 0.25) is 10.0 Å². The fourth-order valence-corrected chi connectivity index (χ4v) is 4.55. The van der Waals surface area contributed by atoms with Gasteiger partial charge in [-0.1, -0.05) is 29.8 Å². The number of rotatable bonds is 4. The van der Waals surface area contributed by atoms with E-state index < -0.39 is 10.0 Å². The minimum absolute atomic E-state index is 0.180. The number of hydrogen-bond donors (Lipinski definition) is 1. The first-order chi connectivity index (χ1) is 11.8. The molecule has 2 aromatic rings. The number of nitrogens with zero attached hydrogens (tertiary/aromatic N) is 2. The van der Waals surface area contributed by atoms with E-state index >= 15 is 0 Å². The molecule has 1 N–H and O–H groups in total. The third-order valence-corrected chi connectivity index (χ3v) is 6.38. The molecule has 1 saturated heterocycles. The third-order valence-electron chi connectivity index (χ3n) is 4.22. The van der Waals surface area contributed by atoms with E-state index in [2.05, 4.69) is 10.3 Å². The number of nitrogens with one attached hydrogen (secondary N) is 1. The van der Waals surface area contributed by atoms with E-state index in [-0.39, 0.29) is 11.9 Å². The van der Waals surface area contributed by atoms with E-state index in [1.54, 1.807) is 5.38 Å². The lowest BCUT2D eigenvalue weighted by atomic mass is 10.1. The van der Waals surface area contributed by atoms with E-state index in [1.165, 1.54) is 27.5 Å². The van der Waals surface area contributed by atoms with Gasteiger partial charge in [0.05, 0.1) is 6.26 Å². The number of hydrogen-bond acceptors (Lipinski definition) is 5. The number of benzene rings is 1. The first-order valence-electron chi connectivity index (χ1n) is 8.11. The molecule has 25 heavy (non-hydrogen) atoms. The Morgan fingerprint density at radius 1 is 1.32 bits per heavy atom. The third kappa shape index (κ3) is 4.45. The van der Waals surface area contributed by atoms with E-state index in [9.17, 15) is 13.2 Å². The van der Waals surface area contributed by atoms with Crippen LogP contribution in [-0.4, -0.2) is 49.0 Å². The average Bonchev–Trinajstić information content (AvgIpc) is 3.05. The summed E-state index contributed by atoms with van der Waals surface area (Å²) in [6.07, 6.45) is 2.71. The molecular formula is C17H21N3O3S2. The number of carbonyl (C=O) groups is 1. The van der Waals surface area contributed by atoms with Crippen molar-refractivity contribution in [3.05, 3.63) is 40.9 Å². The molecule has 3 rings (SSSR count). The minimum Gasteiger partial charge on any atom is -0.347 e. The maximum atomic E-state index is 12.4. The van der Waals surface area contributed by atoms with Gasteiger partial charge in [-0.05, 0) is 19.8 Å². The molecule has 1 aliphatic rings. The number of aromatic nitrogens is 1. The number of aryl methyl sites for hydroxylation is 1. The Kier molecular flexibility index (Phi) is 5.21. The second kappa shape index (κ2) is 7.23. The standard InChI is InChI=1S/C17H21N3O3S2/c1-12-5-7-13(8-6-12)17-19-15(11-24-17)16(21)18-14-4-3-9-20(10-14)25(2,22)23/h5-8,11,14H,3-4,9-10H2,1-2H3,(H,18,21). The van der Waals surface area contributed by atoms with Gasteiger partial charge in [-0.25, -0.2) is 17.7 Å². The first kappa shape index (κ1) is 18.0. The van der Waals surface area contributed by atoms with E-state index in [0.717, 1.165) is 23.4 Å². The number of piperidine rings is 1. The molecule has 2 heterocycles. The van der Waals surface area contributed by atoms with Gasteiger partial charge in [-0.15, -0.1) is 11.3 Å². The van der Waals surface area contributed by atoms with Crippen molar-refractivity contribution in [2.24, 2.45) is 0 Å². The van der Waals surface area contributed by atoms with Crippen molar-refractivity contribution in [1.82, 2.24) is 14.6 Å². The lowest BCUT2D eigenvalue weighted by Crippen LogP contribution is -2.49. The summed E-state index contributed by atoms with van der Waals surface area (Å²) in [7, 11) is -3.23. The zero-order chi connectivity index (χ0) is 18.0. The summed E-state index contributed by atoms with van der Waals surface area (Å²) >= 11 is 1.43. The van der Waals surface area contributed by atoms with Crippen LogP contribution < -0.4 is 5.32 Å². The summed E-state index contributed by atoms with van der Waals surface area (Å²) in [6.45, 7) is 2.85. The minimum atomic E-state index is -3.23. The molecule has 1 aliphatic heterocycles. The summed E-state index contributed by atoms with van der Waals surface area (Å²) in [6, 6.07) is 7.82. The van der Waals surface area contributed by atoms with Crippen molar-refractivity contribution in [3.8, 4) is 10.6 Å². The smallest absolute Gasteiger partial charge is 0.271 e. The van der Waals surface area contributed by atoms with Crippen LogP contribution in [0.5, 0.6) is 0 Å². The molecule has 1 atom stereocenters. The Morgan fingerprint density at radius 2 is 2.04 bits per heavy atom. The van der Waals surface area contributed by atoms with Gasteiger partial charge < -0.3 is 5.32 Å². The highest BCUT2D eigenvalue weighted by atomic mass is 32.2. The van der Waals surface area contributed by atoms with E-state index in [4.69, 9.17) is 0 Å². The summed E-state index contributed by atoms with van der Waals surface area (Å²) < 4.78 is 24.8. The summed E-state index contributed by atoms with van der Waals surface area (Å²) in [5, 5.41) is 5.45. The van der Waals surface area contributed by atoms with Crippen molar-refractivity contribution < 1.29 is 13.2 Å². The fourth-order valence-electron chi connectivity index (χ4n) is 2.83. The van der Waals surface area contributed by atoms with E-state index in [1.807, 2.05) is 31.2 Å². The molecular weight excluding hydrogens is 358 g/mol. The number of sulfonamides is 1. The van der Waals surface area contributed by atoms with Crippen molar-refractivity contribution in [3.63, 3.8) is 0 Å². The average molecular weight is 380 g/mol. The molecule has 134 valence electrons. The Balaban J connectivity index is 1.67. The number of carbonyl (C=O) groups excluding carboxylic acids is 1. The van der Waals surface area contributed by atoms with Gasteiger partial charge >= 0.3 is 0 Å². The second-order valence-electron chi connectivity index (χ2n) is 6.34. The molecule has 1 aromatic carbocycles. The Hall–Kier alpha value is -1.77. The topological polar surface area (TPSA) is 79.4 Å². The fraction of sp³-hybridized carbons (Fsp3) is 0.412. The lowest BCUT2D eigenvalue weighted by Gasteiger charge is -2.31. The van der Waals surface area contributed by atoms with Crippen LogP contribution in [-0.2, 0) is 10.0 Å². The van der Waals surface area contributed by atoms with Gasteiger partial charge in [0.1, 0.15) is 10.7 Å². The van der Waals surface area contributed by atoms with Crippen molar-refractivity contribution in [2.45, 2.75) is 25.8 Å². The Bertz CT molecular complexity index is 860. The van der Waals surface area contributed by atoms with Crippen molar-refractivity contribution in [1.29, 1.82) is 0 Å². The molecule has 1 aromatic heterocycles. The molecule has 1 unspecified atom stereocenters. The van der Waals surface area contributed by atoms with Crippen LogP contribution in [0.2, 0.25) is 0 Å². The van der Waals surface area contributed by atoms with Crippen LogP contribution in [0.25, 0.3) is 10.6 Å². The summed E-state index contributed by atoms with van der Waals surface area (Å²) in [5.74, 6) is -0.255. The molecule has 0 bridgehead atoms. The molecule has 0 saturated carbocycles. The van der Waals surface area contributed by atoms with Crippen LogP contribution in [0.3, 0.4) is 0 Å². The van der Waals surface area contributed by atoms with Gasteiger partial charge in [0.15, 0.2) is 0 Å². The zero-order valence-electron chi connectivity index (χ0n) is 14.2. The molecule has 1 amide bonds. The van der Waals surface area contributed by atoms with Crippen molar-refractivity contribution >= 4 is 27.3 Å². The Morgan fingerprint density at radius 3 is 2.72 bits per heavy atom. The van der Waals surface area contributed by atoms with Crippen LogP contribution in [0, 0.1) is 6.92 Å². The highest BCUT2D eigenvalue weighted by molar-refractivity contribution is 7.88. The highest BCUT2D eigenvalue weighted by Gasteiger charge is 2.27. The maximum Gasteiger partial charge on any atom is 0.271 e. The normalized spacial score (nSPS) is 18.9. The largest absolute Gasteiger partial charge is 0.347 e. The predicted molar refractivity (Wildman–Crippen MR) is 99.2 cm³/mol. The van der Waals surface area contributed by atoms with Gasteiger partial charge in [0, 0.05) is 30.1 Å². The quantitative estimate of drug-likeness (QED) is 0.884. The molecule has 1 fully saturated rings. The van der Waals surface area contributed by atoms with Crippen LogP contribution in [0.4, 0.5) is 0 Å². The number of amides is 1. The summed E-state index contributed by atoms with van der Waals surface area (Å²) in [5.41, 5.74) is 2.53. The first-order valence-corrected chi connectivity index (χ1v) is 10.8. The van der Waals surface area contributed by atoms with Crippen molar-refractivity contribution in [2.75, 3.05) is 19.3 Å². The lowest BCUT2D eigenvalue weighted by molar-refractivity contribution is 0.0917. The zero-order valence-corrected chi connectivity index (χ0v) is 15.9. The molecule has 0 spiro atoms. The monoisotopic (exact) mass is 379 g/mol. The highest BCUT2D eigenvalue weighted by Crippen LogP contribution is 2.24. The second-order valence-corrected chi connectivity index (χ2v) is 9.18. The molecule has 8 heteroatoms. The molecule has 0 aliphatic carbocycles. The van der Waals surface area contributed by atoms with Crippen LogP contribution >= 0.6 is 11.3 Å². The van der Waals surface area contributed by atoms with Crippen LogP contribution in [0.15, 0.2) is 29.6 Å². The van der Waals surface area contributed by atoms with E-state index in [0.29, 0.717) is 18.8 Å². The maximum absolute atomic E-state index is 12.4. The van der Waals surface area contributed by atoms with Gasteiger partial charge in [-0.2, -0.15) is 0 Å². The number of thiazole rings is 1. The summed E-state index contributed by atoms with van der Waals surface area (Å²) in [4.78, 5) is 16.9. The molecule has 0 radical (unpaired) electrons. The van der Waals surface area contributed by atoms with Crippen LogP contribution in [0.1, 0.15) is 28.9 Å². The van der Waals surface area contributed by atoms with Gasteiger partial charge in [-0.3, -0.25) is 4.79 Å². The van der Waals surface area contributed by atoms with Gasteiger partial charge in [0.25, 0.3) is 5.91 Å². The Labute approximate surface area is 151 Å². The SMILES string of the molecule is Cc1ccc(-c2nc(C(=O)NC3CCCN(S(C)(=O)=O)C3)cs2)cc1. The predicted octanol–water partition coefficient (Wildman–Crippen LogP) is 2.27.